The first-order chi connectivity index (χ1) is 6.13. The Balaban J connectivity index is 2.50. The van der Waals surface area contributed by atoms with Crippen molar-refractivity contribution in [3.63, 3.8) is 0 Å². The summed E-state index contributed by atoms with van der Waals surface area (Å²) in [5.74, 6) is 0. The van der Waals surface area contributed by atoms with Gasteiger partial charge in [-0.15, -0.1) is 0 Å². The molecule has 5 heteroatoms. The zero-order valence-electron chi connectivity index (χ0n) is 6.74. The van der Waals surface area contributed by atoms with Crippen LogP contribution in [0.3, 0.4) is 0 Å². The van der Waals surface area contributed by atoms with Crippen LogP contribution in [-0.4, -0.2) is 9.91 Å². The molecule has 0 aliphatic heterocycles. The summed E-state index contributed by atoms with van der Waals surface area (Å²) >= 11 is 0. The van der Waals surface area contributed by atoms with E-state index in [4.69, 9.17) is 0 Å². The molecule has 0 radical (unpaired) electrons. The number of hydrogen-bond acceptors (Lipinski definition) is 3. The van der Waals surface area contributed by atoms with Gasteiger partial charge in [-0.1, -0.05) is 0 Å². The highest BCUT2D eigenvalue weighted by Gasteiger charge is 2.49. The molecular formula is C8H7FN2O2. The summed E-state index contributed by atoms with van der Waals surface area (Å²) in [6.07, 6.45) is 3.26. The van der Waals surface area contributed by atoms with Crippen molar-refractivity contribution in [2.45, 2.75) is 18.5 Å². The SMILES string of the molecule is O=[N+]([O-])c1ccncc1C1(F)CC1. The third-order valence-corrected chi connectivity index (χ3v) is 2.17. The van der Waals surface area contributed by atoms with Crippen LogP contribution in [0.5, 0.6) is 0 Å². The lowest BCUT2D eigenvalue weighted by Gasteiger charge is -2.03. The molecule has 0 amide bonds. The lowest BCUT2D eigenvalue weighted by molar-refractivity contribution is -0.386. The third-order valence-electron chi connectivity index (χ3n) is 2.17. The smallest absolute Gasteiger partial charge is 0.264 e. The van der Waals surface area contributed by atoms with Crippen molar-refractivity contribution in [3.05, 3.63) is 34.1 Å². The van der Waals surface area contributed by atoms with Crippen LogP contribution < -0.4 is 0 Å². The molecule has 0 N–H and O–H groups in total. The van der Waals surface area contributed by atoms with E-state index in [2.05, 4.69) is 4.98 Å². The number of halogens is 1. The van der Waals surface area contributed by atoms with Crippen LogP contribution in [0.15, 0.2) is 18.5 Å². The topological polar surface area (TPSA) is 56.0 Å². The van der Waals surface area contributed by atoms with Gasteiger partial charge in [-0.25, -0.2) is 4.39 Å². The molecule has 0 saturated heterocycles. The molecule has 1 saturated carbocycles. The van der Waals surface area contributed by atoms with Gasteiger partial charge in [0.1, 0.15) is 5.67 Å². The number of alkyl halides is 1. The molecule has 1 heterocycles. The predicted molar refractivity (Wildman–Crippen MR) is 42.9 cm³/mol. The van der Waals surface area contributed by atoms with Crippen LogP contribution >= 0.6 is 0 Å². The van der Waals surface area contributed by atoms with Crippen LogP contribution in [0.25, 0.3) is 0 Å². The Kier molecular flexibility index (Phi) is 1.55. The molecule has 0 spiro atoms. The number of nitro groups is 1. The molecular weight excluding hydrogens is 175 g/mol. The number of nitrogens with zero attached hydrogens (tertiary/aromatic N) is 2. The van der Waals surface area contributed by atoms with Gasteiger partial charge in [0.15, 0.2) is 0 Å². The Morgan fingerprint density at radius 3 is 2.85 bits per heavy atom. The Bertz CT molecular complexity index is 363. The van der Waals surface area contributed by atoms with Crippen LogP contribution in [0.4, 0.5) is 10.1 Å². The van der Waals surface area contributed by atoms with E-state index in [-0.39, 0.29) is 11.3 Å². The van der Waals surface area contributed by atoms with Crippen LogP contribution in [0.2, 0.25) is 0 Å². The second kappa shape index (κ2) is 2.48. The number of pyridine rings is 1. The second-order valence-electron chi connectivity index (χ2n) is 3.12. The molecule has 0 atom stereocenters. The number of rotatable bonds is 2. The van der Waals surface area contributed by atoms with E-state index in [0.717, 1.165) is 0 Å². The summed E-state index contributed by atoms with van der Waals surface area (Å²) in [7, 11) is 0. The standard InChI is InChI=1S/C8H7FN2O2/c9-8(2-3-8)6-5-10-4-1-7(6)11(12)13/h1,4-5H,2-3H2. The quantitative estimate of drug-likeness (QED) is 0.518. The minimum atomic E-state index is -1.49. The Hall–Kier alpha value is -1.52. The zero-order chi connectivity index (χ0) is 9.47. The molecule has 0 aromatic carbocycles. The van der Waals surface area contributed by atoms with Gasteiger partial charge in [-0.2, -0.15) is 0 Å². The Morgan fingerprint density at radius 2 is 2.31 bits per heavy atom. The van der Waals surface area contributed by atoms with Gasteiger partial charge in [-0.05, 0) is 12.8 Å². The van der Waals surface area contributed by atoms with Crippen molar-refractivity contribution in [2.24, 2.45) is 0 Å². The summed E-state index contributed by atoms with van der Waals surface area (Å²) in [5, 5.41) is 10.5. The van der Waals surface area contributed by atoms with E-state index >= 15 is 0 Å². The fourth-order valence-electron chi connectivity index (χ4n) is 1.27. The summed E-state index contributed by atoms with van der Waals surface area (Å²) in [6.45, 7) is 0. The average Bonchev–Trinajstić information content (AvgIpc) is 2.85. The first-order valence-electron chi connectivity index (χ1n) is 3.91. The molecule has 1 aliphatic rings. The lowest BCUT2D eigenvalue weighted by Crippen LogP contribution is -2.03. The molecule has 0 bridgehead atoms. The van der Waals surface area contributed by atoms with Gasteiger partial charge in [0, 0.05) is 18.5 Å². The molecule has 1 aromatic rings. The molecule has 13 heavy (non-hydrogen) atoms. The van der Waals surface area contributed by atoms with Crippen LogP contribution in [-0.2, 0) is 5.67 Å². The van der Waals surface area contributed by atoms with Gasteiger partial charge in [0.2, 0.25) is 0 Å². The Morgan fingerprint density at radius 1 is 1.62 bits per heavy atom. The number of hydrogen-bond donors (Lipinski definition) is 0. The highest BCUT2D eigenvalue weighted by atomic mass is 19.1. The van der Waals surface area contributed by atoms with E-state index in [9.17, 15) is 14.5 Å². The van der Waals surface area contributed by atoms with E-state index < -0.39 is 10.6 Å². The fraction of sp³-hybridized carbons (Fsp3) is 0.375. The fourth-order valence-corrected chi connectivity index (χ4v) is 1.27. The van der Waals surface area contributed by atoms with Crippen molar-refractivity contribution in [1.29, 1.82) is 0 Å². The van der Waals surface area contributed by atoms with Crippen molar-refractivity contribution in [3.8, 4) is 0 Å². The van der Waals surface area contributed by atoms with Gasteiger partial charge in [0.25, 0.3) is 5.69 Å². The third kappa shape index (κ3) is 1.26. The second-order valence-corrected chi connectivity index (χ2v) is 3.12. The first-order valence-corrected chi connectivity index (χ1v) is 3.91. The summed E-state index contributed by atoms with van der Waals surface area (Å²) in [6, 6.07) is 1.23. The van der Waals surface area contributed by atoms with Crippen molar-refractivity contribution >= 4 is 5.69 Å². The Labute approximate surface area is 73.6 Å². The first kappa shape index (κ1) is 8.10. The van der Waals surface area contributed by atoms with Crippen LogP contribution in [0, 0.1) is 10.1 Å². The molecule has 1 aromatic heterocycles. The van der Waals surface area contributed by atoms with Crippen molar-refractivity contribution in [1.82, 2.24) is 4.98 Å². The van der Waals surface area contributed by atoms with E-state index in [0.29, 0.717) is 12.8 Å². The van der Waals surface area contributed by atoms with E-state index in [1.165, 1.54) is 18.5 Å². The maximum Gasteiger partial charge on any atom is 0.278 e. The molecule has 0 unspecified atom stereocenters. The summed E-state index contributed by atoms with van der Waals surface area (Å²) < 4.78 is 13.5. The van der Waals surface area contributed by atoms with Gasteiger partial charge < -0.3 is 0 Å². The number of aromatic nitrogens is 1. The molecule has 1 fully saturated rings. The molecule has 4 nitrogen and oxygen atoms in total. The molecule has 1 aliphatic carbocycles. The highest BCUT2D eigenvalue weighted by molar-refractivity contribution is 5.44. The summed E-state index contributed by atoms with van der Waals surface area (Å²) in [4.78, 5) is 13.6. The molecule has 2 rings (SSSR count). The van der Waals surface area contributed by atoms with Crippen molar-refractivity contribution < 1.29 is 9.31 Å². The van der Waals surface area contributed by atoms with Crippen LogP contribution in [0.1, 0.15) is 18.4 Å². The molecule has 68 valence electrons. The monoisotopic (exact) mass is 182 g/mol. The average molecular weight is 182 g/mol. The maximum absolute atomic E-state index is 13.5. The van der Waals surface area contributed by atoms with Gasteiger partial charge in [-0.3, -0.25) is 15.1 Å². The summed E-state index contributed by atoms with van der Waals surface area (Å²) in [5.41, 5.74) is -1.55. The predicted octanol–water partition coefficient (Wildman–Crippen LogP) is 1.95. The highest BCUT2D eigenvalue weighted by Crippen LogP contribution is 2.51. The van der Waals surface area contributed by atoms with Crippen molar-refractivity contribution in [2.75, 3.05) is 0 Å². The van der Waals surface area contributed by atoms with E-state index in [1.54, 1.807) is 0 Å². The van der Waals surface area contributed by atoms with Gasteiger partial charge in [0.05, 0.1) is 10.5 Å². The zero-order valence-corrected chi connectivity index (χ0v) is 6.74. The minimum Gasteiger partial charge on any atom is -0.264 e. The largest absolute Gasteiger partial charge is 0.278 e. The van der Waals surface area contributed by atoms with E-state index in [1.807, 2.05) is 0 Å². The minimum absolute atomic E-state index is 0.111. The maximum atomic E-state index is 13.5. The lowest BCUT2D eigenvalue weighted by atomic mass is 10.1. The van der Waals surface area contributed by atoms with Gasteiger partial charge >= 0.3 is 0 Å². The normalized spacial score (nSPS) is 18.2.